The third-order valence-electron chi connectivity index (χ3n) is 14.1. The SMILES string of the molecule is CO[C@@H]1C[C@@H](C[C@@H](C)[C@@H]2CC(=O)[C@H](C)/C=C(\C)[C@@H](O)[C@@H](OC)C(=O)[C@H](C)C[C@H](C)/C=C/C=C/C=C(\C)CC[C@@H]3CC[C@@H](C)[C@@](O)(O3)C(=O)C(=O)N3CCCC[C@H]3C(=O)O2)CC[C@H]1O. The van der Waals surface area contributed by atoms with Gasteiger partial charge in [-0.05, 0) is 114 Å². The van der Waals surface area contributed by atoms with Crippen LogP contribution in [-0.2, 0) is 42.9 Å². The summed E-state index contributed by atoms with van der Waals surface area (Å²) in [5.74, 6) is -7.65. The van der Waals surface area contributed by atoms with Crippen LogP contribution in [0.1, 0.15) is 132 Å². The molecule has 2 saturated heterocycles. The van der Waals surface area contributed by atoms with Crippen molar-refractivity contribution in [3.63, 3.8) is 0 Å². The van der Waals surface area contributed by atoms with Gasteiger partial charge in [0.25, 0.3) is 11.7 Å². The van der Waals surface area contributed by atoms with Crippen LogP contribution >= 0.6 is 0 Å². The molecule has 4 aliphatic rings. The number of ether oxygens (including phenoxy) is 4. The summed E-state index contributed by atoms with van der Waals surface area (Å²) >= 11 is 0. The molecule has 3 N–H and O–H groups in total. The normalized spacial score (nSPS) is 40.1. The van der Waals surface area contributed by atoms with E-state index < -0.39 is 77.8 Å². The first-order valence-electron chi connectivity index (χ1n) is 23.4. The molecule has 14 atom stereocenters. The van der Waals surface area contributed by atoms with Crippen LogP contribution in [0.3, 0.4) is 0 Å². The number of piperidine rings is 1. The van der Waals surface area contributed by atoms with Crippen LogP contribution in [0.25, 0.3) is 0 Å². The molecule has 3 fully saturated rings. The Balaban J connectivity index is 1.67. The van der Waals surface area contributed by atoms with Gasteiger partial charge in [-0.1, -0.05) is 76.6 Å². The summed E-state index contributed by atoms with van der Waals surface area (Å²) in [5, 5.41) is 33.7. The average Bonchev–Trinajstić information content (AvgIpc) is 3.26. The predicted molar refractivity (Wildman–Crippen MR) is 239 cm³/mol. The minimum absolute atomic E-state index is 0.0501. The zero-order valence-corrected chi connectivity index (χ0v) is 39.3. The number of ketones is 3. The lowest BCUT2D eigenvalue weighted by Crippen LogP contribution is -2.60. The molecule has 1 amide bonds. The van der Waals surface area contributed by atoms with Gasteiger partial charge in [-0.3, -0.25) is 19.2 Å². The highest BCUT2D eigenvalue weighted by Gasteiger charge is 2.53. The Bertz CT molecular complexity index is 1700. The van der Waals surface area contributed by atoms with E-state index in [2.05, 4.69) is 0 Å². The van der Waals surface area contributed by atoms with E-state index in [1.807, 2.05) is 58.1 Å². The van der Waals surface area contributed by atoms with Gasteiger partial charge in [0.05, 0.1) is 18.3 Å². The third-order valence-corrected chi connectivity index (χ3v) is 14.1. The molecule has 1 aliphatic carbocycles. The number of fused-ring (bicyclic) bond motifs is 3. The van der Waals surface area contributed by atoms with Crippen LogP contribution < -0.4 is 0 Å². The topological polar surface area (TPSA) is 186 Å². The minimum Gasteiger partial charge on any atom is -0.460 e. The summed E-state index contributed by atoms with van der Waals surface area (Å²) in [4.78, 5) is 71.4. The Morgan fingerprint density at radius 3 is 2.32 bits per heavy atom. The number of rotatable bonds is 5. The standard InChI is InChI=1S/C50H77NO12/c1-30-15-11-10-12-16-31(2)25-34(5)44(54)46(61-9)45(55)35(6)26-32(3)41(53)29-42(33(4)27-37-20-23-40(52)43(28-37)60-8)62-49(58)39-17-13-14-24-51(39)48(57)47(56)50(59)36(7)19-22-38(63-50)21-18-30/h10-12,15-16,26,31-34,36-40,42-43,45-46,52,55,59H,13-14,17-25,27-29H2,1-9H3/b11-10+,16-12+,30-15+,35-26+/t31-,32-,33-,34-,36-,37-,38-,39+,40-,42+,43-,45-,46+,50-/m1/s1. The fourth-order valence-electron chi connectivity index (χ4n) is 9.82. The van der Waals surface area contributed by atoms with Gasteiger partial charge in [-0.2, -0.15) is 0 Å². The first-order valence-corrected chi connectivity index (χ1v) is 23.4. The van der Waals surface area contributed by atoms with Crippen LogP contribution in [0, 0.1) is 35.5 Å². The highest BCUT2D eigenvalue weighted by Crippen LogP contribution is 2.37. The average molecular weight is 884 g/mol. The van der Waals surface area contributed by atoms with Gasteiger partial charge < -0.3 is 39.2 Å². The molecule has 13 heteroatoms. The van der Waals surface area contributed by atoms with Crippen molar-refractivity contribution >= 4 is 29.2 Å². The number of carbonyl (C=O) groups is 5. The van der Waals surface area contributed by atoms with Gasteiger partial charge in [0.2, 0.25) is 5.79 Å². The summed E-state index contributed by atoms with van der Waals surface area (Å²) < 4.78 is 23.5. The maximum absolute atomic E-state index is 14.3. The number of amides is 1. The Morgan fingerprint density at radius 1 is 0.889 bits per heavy atom. The van der Waals surface area contributed by atoms with E-state index in [-0.39, 0.29) is 54.8 Å². The molecule has 0 aromatic carbocycles. The van der Waals surface area contributed by atoms with Gasteiger partial charge in [-0.15, -0.1) is 0 Å². The second-order valence-corrected chi connectivity index (χ2v) is 19.3. The summed E-state index contributed by atoms with van der Waals surface area (Å²) in [6.45, 7) is 12.9. The van der Waals surface area contributed by atoms with Crippen LogP contribution in [-0.4, -0.2) is 119 Å². The molecule has 0 spiro atoms. The molecule has 2 bridgehead atoms. The van der Waals surface area contributed by atoms with Crippen molar-refractivity contribution in [2.75, 3.05) is 20.8 Å². The monoisotopic (exact) mass is 884 g/mol. The molecule has 4 rings (SSSR count). The molecular weight excluding hydrogens is 807 g/mol. The van der Waals surface area contributed by atoms with Gasteiger partial charge in [0.1, 0.15) is 30.1 Å². The lowest BCUT2D eigenvalue weighted by atomic mass is 9.78. The van der Waals surface area contributed by atoms with Crippen molar-refractivity contribution in [3.05, 3.63) is 47.6 Å². The Labute approximate surface area is 375 Å². The molecule has 0 aromatic heterocycles. The number of cyclic esters (lactones) is 1. The molecule has 63 heavy (non-hydrogen) atoms. The second-order valence-electron chi connectivity index (χ2n) is 19.3. The minimum atomic E-state index is -2.36. The zero-order valence-electron chi connectivity index (χ0n) is 39.3. The number of aliphatic hydroxyl groups excluding tert-OH is 2. The summed E-state index contributed by atoms with van der Waals surface area (Å²) in [5.41, 5.74) is 1.46. The van der Waals surface area contributed by atoms with Crippen LogP contribution in [0.15, 0.2) is 47.6 Å². The molecule has 0 unspecified atom stereocenters. The molecular formula is C50H77NO12. The first kappa shape index (κ1) is 52.3. The van der Waals surface area contributed by atoms with E-state index >= 15 is 0 Å². The van der Waals surface area contributed by atoms with Gasteiger partial charge in [0.15, 0.2) is 5.78 Å². The summed E-state index contributed by atoms with van der Waals surface area (Å²) in [6, 6.07) is -1.11. The molecule has 3 heterocycles. The van der Waals surface area contributed by atoms with Gasteiger partial charge >= 0.3 is 5.97 Å². The summed E-state index contributed by atoms with van der Waals surface area (Å²) in [7, 11) is 2.95. The summed E-state index contributed by atoms with van der Waals surface area (Å²) in [6.07, 6.45) is 13.1. The number of hydrogen-bond acceptors (Lipinski definition) is 12. The Kier molecular flexibility index (Phi) is 20.1. The number of Topliss-reactive ketones (excluding diaryl/α,β-unsaturated/α-hetero) is 3. The highest BCUT2D eigenvalue weighted by atomic mass is 16.6. The third kappa shape index (κ3) is 14.1. The van der Waals surface area contributed by atoms with Crippen LogP contribution in [0.4, 0.5) is 0 Å². The van der Waals surface area contributed by atoms with Crippen LogP contribution in [0.5, 0.6) is 0 Å². The van der Waals surface area contributed by atoms with E-state index in [9.17, 15) is 39.3 Å². The van der Waals surface area contributed by atoms with Crippen molar-refractivity contribution in [2.45, 2.75) is 180 Å². The fourth-order valence-corrected chi connectivity index (χ4v) is 9.82. The lowest BCUT2D eigenvalue weighted by Gasteiger charge is -2.42. The van der Waals surface area contributed by atoms with E-state index in [0.717, 1.165) is 12.0 Å². The second kappa shape index (κ2) is 24.3. The molecule has 0 aromatic rings. The lowest BCUT2D eigenvalue weighted by molar-refractivity contribution is -0.263. The smallest absolute Gasteiger partial charge is 0.329 e. The molecule has 13 nitrogen and oxygen atoms in total. The maximum Gasteiger partial charge on any atom is 0.329 e. The molecule has 1 saturated carbocycles. The number of nitrogens with zero attached hydrogens (tertiary/aromatic N) is 1. The van der Waals surface area contributed by atoms with Crippen molar-refractivity contribution in [1.29, 1.82) is 0 Å². The van der Waals surface area contributed by atoms with Crippen LogP contribution in [0.2, 0.25) is 0 Å². The first-order chi connectivity index (χ1) is 29.8. The Hall–Kier alpha value is -3.33. The van der Waals surface area contributed by atoms with E-state index in [4.69, 9.17) is 18.9 Å². The van der Waals surface area contributed by atoms with E-state index in [1.54, 1.807) is 34.0 Å². The van der Waals surface area contributed by atoms with Crippen molar-refractivity contribution in [1.82, 2.24) is 4.90 Å². The van der Waals surface area contributed by atoms with Crippen molar-refractivity contribution in [3.8, 4) is 0 Å². The largest absolute Gasteiger partial charge is 0.460 e. The number of aliphatic hydroxyl groups is 3. The van der Waals surface area contributed by atoms with Gasteiger partial charge in [-0.25, -0.2) is 4.79 Å². The maximum atomic E-state index is 14.3. The fraction of sp³-hybridized carbons (Fsp3) is 0.740. The van der Waals surface area contributed by atoms with E-state index in [1.165, 1.54) is 12.0 Å². The quantitative estimate of drug-likeness (QED) is 0.154. The number of esters is 1. The predicted octanol–water partition coefficient (Wildman–Crippen LogP) is 6.56. The van der Waals surface area contributed by atoms with Crippen molar-refractivity contribution in [2.24, 2.45) is 35.5 Å². The molecule has 0 radical (unpaired) electrons. The zero-order chi connectivity index (χ0) is 46.6. The molecule has 3 aliphatic heterocycles. The highest BCUT2D eigenvalue weighted by molar-refractivity contribution is 6.39. The number of carbonyl (C=O) groups excluding carboxylic acids is 5. The van der Waals surface area contributed by atoms with Gasteiger partial charge in [0, 0.05) is 44.9 Å². The van der Waals surface area contributed by atoms with E-state index in [0.29, 0.717) is 69.8 Å². The Morgan fingerprint density at radius 2 is 1.62 bits per heavy atom. The number of methoxy groups -OCH3 is 2. The molecule has 354 valence electrons. The van der Waals surface area contributed by atoms with Crippen molar-refractivity contribution < 1.29 is 58.2 Å². The number of allylic oxidation sites excluding steroid dienone is 7. The number of hydrogen-bond donors (Lipinski definition) is 3.